The van der Waals surface area contributed by atoms with E-state index in [0.29, 0.717) is 12.2 Å². The fourth-order valence-corrected chi connectivity index (χ4v) is 3.27. The molecule has 1 amide bonds. The predicted octanol–water partition coefficient (Wildman–Crippen LogP) is 0.673. The molecule has 9 heteroatoms. The predicted molar refractivity (Wildman–Crippen MR) is 96.6 cm³/mol. The van der Waals surface area contributed by atoms with Crippen LogP contribution in [0.2, 0.25) is 0 Å². The third-order valence-electron chi connectivity index (χ3n) is 4.31. The molecule has 1 atom stereocenters. The van der Waals surface area contributed by atoms with Crippen molar-refractivity contribution in [3.63, 3.8) is 0 Å². The highest BCUT2D eigenvalue weighted by atomic mass is 35.5. The number of carbonyl (C=O) groups excluding carboxylic acids is 1. The fourth-order valence-electron chi connectivity index (χ4n) is 2.73. The summed E-state index contributed by atoms with van der Waals surface area (Å²) in [6, 6.07) is 4.43. The van der Waals surface area contributed by atoms with Crippen LogP contribution in [0.4, 0.5) is 5.69 Å². The Morgan fingerprint density at radius 2 is 2.08 bits per heavy atom. The van der Waals surface area contributed by atoms with E-state index >= 15 is 0 Å². The first-order chi connectivity index (χ1) is 10.6. The molecule has 0 aromatic heterocycles. The summed E-state index contributed by atoms with van der Waals surface area (Å²) in [4.78, 5) is 14.3. The van der Waals surface area contributed by atoms with Crippen LogP contribution in [0.5, 0.6) is 0 Å². The SMILES string of the molecule is Cc1ccc(S(N)(=O)=O)cc1NC(=O)CN1CCC(C)(CN)C1.Cl. The number of aryl methyl sites for hydroxylation is 1. The molecule has 0 bridgehead atoms. The lowest BCUT2D eigenvalue weighted by atomic mass is 9.90. The van der Waals surface area contributed by atoms with Crippen LogP contribution >= 0.6 is 12.4 Å². The summed E-state index contributed by atoms with van der Waals surface area (Å²) >= 11 is 0. The molecule has 1 heterocycles. The summed E-state index contributed by atoms with van der Waals surface area (Å²) < 4.78 is 22.8. The van der Waals surface area contributed by atoms with Gasteiger partial charge in [-0.1, -0.05) is 13.0 Å². The van der Waals surface area contributed by atoms with Crippen molar-refractivity contribution in [2.45, 2.75) is 25.2 Å². The molecule has 7 nitrogen and oxygen atoms in total. The van der Waals surface area contributed by atoms with E-state index in [9.17, 15) is 13.2 Å². The zero-order valence-electron chi connectivity index (χ0n) is 13.9. The molecule has 1 saturated heterocycles. The number of amides is 1. The summed E-state index contributed by atoms with van der Waals surface area (Å²) in [7, 11) is -3.79. The number of nitrogens with zero attached hydrogens (tertiary/aromatic N) is 1. The molecular weight excluding hydrogens is 352 g/mol. The van der Waals surface area contributed by atoms with Crippen molar-refractivity contribution in [1.82, 2.24) is 4.90 Å². The summed E-state index contributed by atoms with van der Waals surface area (Å²) in [5.74, 6) is -0.180. The van der Waals surface area contributed by atoms with E-state index in [1.54, 1.807) is 13.0 Å². The molecule has 5 N–H and O–H groups in total. The number of nitrogens with two attached hydrogens (primary N) is 2. The minimum Gasteiger partial charge on any atom is -0.330 e. The maximum absolute atomic E-state index is 12.2. The highest BCUT2D eigenvalue weighted by Crippen LogP contribution is 2.28. The van der Waals surface area contributed by atoms with E-state index < -0.39 is 10.0 Å². The standard InChI is InChI=1S/C15H24N4O3S.ClH/c1-11-3-4-12(23(17,21)22)7-13(11)18-14(20)8-19-6-5-15(2,9-16)10-19;/h3-4,7H,5-6,8-10,16H2,1-2H3,(H,18,20)(H2,17,21,22);1H. The van der Waals surface area contributed by atoms with E-state index in [1.807, 2.05) is 0 Å². The molecule has 136 valence electrons. The third-order valence-corrected chi connectivity index (χ3v) is 5.22. The highest BCUT2D eigenvalue weighted by Gasteiger charge is 2.33. The summed E-state index contributed by atoms with van der Waals surface area (Å²) in [5, 5.41) is 7.89. The Labute approximate surface area is 149 Å². The second-order valence-corrected chi connectivity index (χ2v) is 8.11. The molecule has 24 heavy (non-hydrogen) atoms. The number of halogens is 1. The van der Waals surface area contributed by atoms with Gasteiger partial charge in [0.15, 0.2) is 0 Å². The zero-order valence-corrected chi connectivity index (χ0v) is 15.5. The number of rotatable bonds is 5. The Morgan fingerprint density at radius 1 is 1.42 bits per heavy atom. The maximum Gasteiger partial charge on any atom is 0.238 e. The number of benzene rings is 1. The van der Waals surface area contributed by atoms with Gasteiger partial charge in [0.2, 0.25) is 15.9 Å². The van der Waals surface area contributed by atoms with Crippen molar-refractivity contribution < 1.29 is 13.2 Å². The van der Waals surface area contributed by atoms with Gasteiger partial charge >= 0.3 is 0 Å². The van der Waals surface area contributed by atoms with Crippen LogP contribution in [0.1, 0.15) is 18.9 Å². The number of primary sulfonamides is 1. The molecule has 2 rings (SSSR count). The Morgan fingerprint density at radius 3 is 2.62 bits per heavy atom. The van der Waals surface area contributed by atoms with Gasteiger partial charge in [0.05, 0.1) is 11.4 Å². The van der Waals surface area contributed by atoms with Crippen LogP contribution in [0.15, 0.2) is 23.1 Å². The van der Waals surface area contributed by atoms with E-state index in [-0.39, 0.29) is 35.2 Å². The Hall–Kier alpha value is -1.19. The number of anilines is 1. The third kappa shape index (κ3) is 5.15. The van der Waals surface area contributed by atoms with Gasteiger partial charge in [-0.25, -0.2) is 13.6 Å². The number of likely N-dealkylation sites (tertiary alicyclic amines) is 1. The molecule has 1 aromatic carbocycles. The summed E-state index contributed by atoms with van der Waals surface area (Å²) in [6.45, 7) is 6.38. The number of carbonyl (C=O) groups is 1. The largest absolute Gasteiger partial charge is 0.330 e. The summed E-state index contributed by atoms with van der Waals surface area (Å²) in [5.41, 5.74) is 7.06. The van der Waals surface area contributed by atoms with Gasteiger partial charge < -0.3 is 11.1 Å². The lowest BCUT2D eigenvalue weighted by molar-refractivity contribution is -0.117. The molecule has 1 fully saturated rings. The molecule has 0 spiro atoms. The number of hydrogen-bond donors (Lipinski definition) is 3. The number of nitrogens with one attached hydrogen (secondary N) is 1. The first-order valence-electron chi connectivity index (χ1n) is 7.49. The van der Waals surface area contributed by atoms with Crippen molar-refractivity contribution in [1.29, 1.82) is 0 Å². The Kier molecular flexibility index (Phi) is 6.77. The average molecular weight is 377 g/mol. The van der Waals surface area contributed by atoms with Crippen LogP contribution in [-0.4, -0.2) is 45.4 Å². The molecule has 0 aliphatic carbocycles. The Balaban J connectivity index is 0.00000288. The molecule has 0 saturated carbocycles. The smallest absolute Gasteiger partial charge is 0.238 e. The zero-order chi connectivity index (χ0) is 17.3. The van der Waals surface area contributed by atoms with Gasteiger partial charge in [-0.05, 0) is 49.5 Å². The van der Waals surface area contributed by atoms with Crippen molar-refractivity contribution >= 4 is 34.0 Å². The van der Waals surface area contributed by atoms with E-state index in [0.717, 1.165) is 25.1 Å². The lowest BCUT2D eigenvalue weighted by Crippen LogP contribution is -2.35. The lowest BCUT2D eigenvalue weighted by Gasteiger charge is -2.22. The van der Waals surface area contributed by atoms with Crippen LogP contribution in [0.25, 0.3) is 0 Å². The first-order valence-corrected chi connectivity index (χ1v) is 9.03. The van der Waals surface area contributed by atoms with E-state index in [2.05, 4.69) is 17.1 Å². The maximum atomic E-state index is 12.2. The average Bonchev–Trinajstić information content (AvgIpc) is 2.82. The molecular formula is C15H25ClN4O3S. The van der Waals surface area contributed by atoms with Gasteiger partial charge in [-0.3, -0.25) is 9.69 Å². The normalized spacial score (nSPS) is 21.3. The van der Waals surface area contributed by atoms with Crippen LogP contribution < -0.4 is 16.2 Å². The molecule has 1 aliphatic rings. The van der Waals surface area contributed by atoms with Gasteiger partial charge in [-0.15, -0.1) is 12.4 Å². The van der Waals surface area contributed by atoms with E-state index in [1.165, 1.54) is 12.1 Å². The van der Waals surface area contributed by atoms with Crippen LogP contribution in [0.3, 0.4) is 0 Å². The monoisotopic (exact) mass is 376 g/mol. The van der Waals surface area contributed by atoms with Gasteiger partial charge in [-0.2, -0.15) is 0 Å². The van der Waals surface area contributed by atoms with Crippen molar-refractivity contribution in [3.8, 4) is 0 Å². The van der Waals surface area contributed by atoms with Crippen molar-refractivity contribution in [2.75, 3.05) is 31.5 Å². The fraction of sp³-hybridized carbons (Fsp3) is 0.533. The van der Waals surface area contributed by atoms with E-state index in [4.69, 9.17) is 10.9 Å². The number of sulfonamides is 1. The van der Waals surface area contributed by atoms with Crippen LogP contribution in [-0.2, 0) is 14.8 Å². The summed E-state index contributed by atoms with van der Waals surface area (Å²) in [6.07, 6.45) is 0.969. The topological polar surface area (TPSA) is 119 Å². The molecule has 1 aromatic rings. The van der Waals surface area contributed by atoms with Crippen molar-refractivity contribution in [3.05, 3.63) is 23.8 Å². The molecule has 1 aliphatic heterocycles. The molecule has 1 unspecified atom stereocenters. The number of hydrogen-bond acceptors (Lipinski definition) is 5. The second kappa shape index (κ2) is 7.79. The van der Waals surface area contributed by atoms with Crippen LogP contribution in [0, 0.1) is 12.3 Å². The van der Waals surface area contributed by atoms with Gasteiger partial charge in [0.25, 0.3) is 0 Å². The first kappa shape index (κ1) is 20.9. The minimum absolute atomic E-state index is 0. The second-order valence-electron chi connectivity index (χ2n) is 6.55. The quantitative estimate of drug-likeness (QED) is 0.698. The highest BCUT2D eigenvalue weighted by molar-refractivity contribution is 7.89. The van der Waals surface area contributed by atoms with Crippen molar-refractivity contribution in [2.24, 2.45) is 16.3 Å². The Bertz CT molecular complexity index is 711. The minimum atomic E-state index is -3.79. The van der Waals surface area contributed by atoms with Gasteiger partial charge in [0, 0.05) is 12.2 Å². The van der Waals surface area contributed by atoms with Gasteiger partial charge in [0.1, 0.15) is 0 Å². The molecule has 0 radical (unpaired) electrons.